The number of amides is 3. The topological polar surface area (TPSA) is 132 Å². The first-order valence-electron chi connectivity index (χ1n) is 13.2. The molecule has 3 amide bonds. The molecule has 0 bridgehead atoms. The van der Waals surface area contributed by atoms with Gasteiger partial charge in [0, 0.05) is 24.1 Å². The molecule has 2 heterocycles. The number of ether oxygens (including phenoxy) is 3. The summed E-state index contributed by atoms with van der Waals surface area (Å²) in [4.78, 5) is 51.7. The molecule has 0 saturated carbocycles. The SMILES string of the molecule is CC(C)C[C@H](NC(=O)c1ccc2c(c1)OCO2)C(=O)N[C@@H](C[C@@H]1CCNC1=O)C(=O)COc1c(F)c(F)cc(F)c1F. The van der Waals surface area contributed by atoms with Crippen LogP contribution in [0.2, 0.25) is 0 Å². The third-order valence-electron chi connectivity index (χ3n) is 6.78. The van der Waals surface area contributed by atoms with E-state index in [-0.39, 0.29) is 43.1 Å². The number of benzene rings is 2. The van der Waals surface area contributed by atoms with Gasteiger partial charge in [-0.15, -0.1) is 0 Å². The first-order valence-corrected chi connectivity index (χ1v) is 13.2. The van der Waals surface area contributed by atoms with Crippen molar-refractivity contribution in [1.29, 1.82) is 0 Å². The Balaban J connectivity index is 1.50. The zero-order valence-corrected chi connectivity index (χ0v) is 22.7. The normalized spacial score (nSPS) is 17.0. The molecule has 2 aromatic carbocycles. The predicted molar refractivity (Wildman–Crippen MR) is 138 cm³/mol. The summed E-state index contributed by atoms with van der Waals surface area (Å²) in [7, 11) is 0. The number of Topliss-reactive ketones (excluding diaryl/α,β-unsaturated/α-hetero) is 1. The molecular weight excluding hydrogens is 566 g/mol. The van der Waals surface area contributed by atoms with Crippen molar-refractivity contribution in [2.24, 2.45) is 11.8 Å². The van der Waals surface area contributed by atoms with E-state index in [1.54, 1.807) is 6.07 Å². The summed E-state index contributed by atoms with van der Waals surface area (Å²) in [5.41, 5.74) is 0.191. The Bertz CT molecular complexity index is 1360. The van der Waals surface area contributed by atoms with Crippen molar-refractivity contribution in [2.45, 2.75) is 45.2 Å². The maximum Gasteiger partial charge on any atom is 0.252 e. The molecular formula is C28H29F4N3O7. The highest BCUT2D eigenvalue weighted by molar-refractivity contribution is 5.99. The first-order chi connectivity index (χ1) is 19.9. The van der Waals surface area contributed by atoms with Gasteiger partial charge in [0.2, 0.25) is 30.2 Å². The number of hydrogen-bond acceptors (Lipinski definition) is 7. The second kappa shape index (κ2) is 13.1. The Labute approximate surface area is 238 Å². The van der Waals surface area contributed by atoms with Gasteiger partial charge < -0.3 is 30.2 Å². The average Bonchev–Trinajstić information content (AvgIpc) is 3.58. The van der Waals surface area contributed by atoms with Gasteiger partial charge in [-0.2, -0.15) is 8.78 Å². The van der Waals surface area contributed by atoms with Crippen molar-refractivity contribution in [2.75, 3.05) is 19.9 Å². The van der Waals surface area contributed by atoms with Gasteiger partial charge in [-0.1, -0.05) is 13.8 Å². The van der Waals surface area contributed by atoms with E-state index in [1.165, 1.54) is 12.1 Å². The lowest BCUT2D eigenvalue weighted by Crippen LogP contribution is -2.53. The van der Waals surface area contributed by atoms with Crippen LogP contribution in [0.1, 0.15) is 43.5 Å². The van der Waals surface area contributed by atoms with Crippen LogP contribution in [-0.4, -0.2) is 55.5 Å². The molecule has 2 aliphatic rings. The van der Waals surface area contributed by atoms with Crippen LogP contribution in [-0.2, 0) is 14.4 Å². The van der Waals surface area contributed by atoms with Crippen LogP contribution in [0.15, 0.2) is 24.3 Å². The minimum Gasteiger partial charge on any atom is -0.479 e. The van der Waals surface area contributed by atoms with Crippen LogP contribution in [0.5, 0.6) is 17.2 Å². The van der Waals surface area contributed by atoms with Gasteiger partial charge in [0.05, 0.1) is 6.04 Å². The molecule has 2 aromatic rings. The maximum absolute atomic E-state index is 14.0. The summed E-state index contributed by atoms with van der Waals surface area (Å²) in [6, 6.07) is 1.97. The van der Waals surface area contributed by atoms with E-state index in [1.807, 2.05) is 13.8 Å². The van der Waals surface area contributed by atoms with Gasteiger partial charge in [-0.25, -0.2) is 8.78 Å². The Morgan fingerprint density at radius 1 is 1.00 bits per heavy atom. The minimum absolute atomic E-state index is 0.00434. The molecule has 0 spiro atoms. The van der Waals surface area contributed by atoms with E-state index < -0.39 is 71.2 Å². The molecule has 0 unspecified atom stereocenters. The standard InChI is InChI=1S/C28H29F4N3O7/c1-13(2)7-19(35-27(38)14-3-4-21-22(9-14)42-12-41-21)28(39)34-18(8-15-5-6-33-26(15)37)20(36)11-40-25-23(31)16(29)10-17(30)24(25)32/h3-4,9-10,13,15,18-19H,5-8,11-12H2,1-2H3,(H,33,37)(H,34,39)(H,35,38)/t15-,18-,19-/m0/s1. The molecule has 0 radical (unpaired) electrons. The van der Waals surface area contributed by atoms with E-state index in [9.17, 15) is 36.7 Å². The van der Waals surface area contributed by atoms with Crippen molar-refractivity contribution < 1.29 is 51.0 Å². The molecule has 226 valence electrons. The summed E-state index contributed by atoms with van der Waals surface area (Å²) < 4.78 is 70.6. The number of carbonyl (C=O) groups excluding carboxylic acids is 4. The molecule has 14 heteroatoms. The average molecular weight is 596 g/mol. The van der Waals surface area contributed by atoms with Crippen LogP contribution >= 0.6 is 0 Å². The zero-order chi connectivity index (χ0) is 30.6. The lowest BCUT2D eigenvalue weighted by Gasteiger charge is -2.25. The molecule has 4 rings (SSSR count). The van der Waals surface area contributed by atoms with Crippen LogP contribution < -0.4 is 30.2 Å². The fourth-order valence-corrected chi connectivity index (χ4v) is 4.60. The van der Waals surface area contributed by atoms with E-state index in [4.69, 9.17) is 14.2 Å². The Hall–Kier alpha value is -4.36. The monoisotopic (exact) mass is 595 g/mol. The molecule has 1 saturated heterocycles. The third-order valence-corrected chi connectivity index (χ3v) is 6.78. The van der Waals surface area contributed by atoms with Gasteiger partial charge in [-0.3, -0.25) is 19.2 Å². The molecule has 0 aromatic heterocycles. The summed E-state index contributed by atoms with van der Waals surface area (Å²) in [5.74, 6) is -11.1. The summed E-state index contributed by atoms with van der Waals surface area (Å²) in [6.07, 6.45) is 0.336. The molecule has 3 atom stereocenters. The second-order valence-corrected chi connectivity index (χ2v) is 10.3. The fourth-order valence-electron chi connectivity index (χ4n) is 4.60. The van der Waals surface area contributed by atoms with Gasteiger partial charge in [0.25, 0.3) is 5.91 Å². The van der Waals surface area contributed by atoms with Gasteiger partial charge in [0.1, 0.15) is 12.6 Å². The number of nitrogens with one attached hydrogen (secondary N) is 3. The van der Waals surface area contributed by atoms with Crippen LogP contribution in [0.25, 0.3) is 0 Å². The van der Waals surface area contributed by atoms with Gasteiger partial charge in [-0.05, 0) is 43.4 Å². The number of carbonyl (C=O) groups is 4. The Morgan fingerprint density at radius 3 is 2.33 bits per heavy atom. The van der Waals surface area contributed by atoms with Crippen LogP contribution in [0.3, 0.4) is 0 Å². The first kappa shape index (κ1) is 30.6. The number of hydrogen-bond donors (Lipinski definition) is 3. The molecule has 0 aliphatic carbocycles. The highest BCUT2D eigenvalue weighted by atomic mass is 19.2. The third kappa shape index (κ3) is 7.09. The lowest BCUT2D eigenvalue weighted by molar-refractivity contribution is -0.131. The quantitative estimate of drug-likeness (QED) is 0.254. The zero-order valence-electron chi connectivity index (χ0n) is 22.7. The fraction of sp³-hybridized carbons (Fsp3) is 0.429. The lowest BCUT2D eigenvalue weighted by atomic mass is 9.95. The number of fused-ring (bicyclic) bond motifs is 1. The largest absolute Gasteiger partial charge is 0.479 e. The smallest absolute Gasteiger partial charge is 0.252 e. The van der Waals surface area contributed by atoms with E-state index >= 15 is 0 Å². The van der Waals surface area contributed by atoms with Crippen LogP contribution in [0.4, 0.5) is 17.6 Å². The van der Waals surface area contributed by atoms with Crippen molar-refractivity contribution in [3.8, 4) is 17.2 Å². The maximum atomic E-state index is 14.0. The molecule has 1 fully saturated rings. The molecule has 42 heavy (non-hydrogen) atoms. The Morgan fingerprint density at radius 2 is 1.69 bits per heavy atom. The van der Waals surface area contributed by atoms with Gasteiger partial charge >= 0.3 is 0 Å². The van der Waals surface area contributed by atoms with E-state index in [2.05, 4.69) is 16.0 Å². The molecule has 2 aliphatic heterocycles. The highest BCUT2D eigenvalue weighted by Gasteiger charge is 2.34. The molecule has 10 nitrogen and oxygen atoms in total. The summed E-state index contributed by atoms with van der Waals surface area (Å²) in [6.45, 7) is 2.90. The second-order valence-electron chi connectivity index (χ2n) is 10.3. The summed E-state index contributed by atoms with van der Waals surface area (Å²) >= 11 is 0. The number of rotatable bonds is 12. The van der Waals surface area contributed by atoms with Crippen LogP contribution in [0, 0.1) is 35.1 Å². The van der Waals surface area contributed by atoms with Gasteiger partial charge in [0.15, 0.2) is 34.7 Å². The predicted octanol–water partition coefficient (Wildman–Crippen LogP) is 2.78. The van der Waals surface area contributed by atoms with Crippen molar-refractivity contribution in [1.82, 2.24) is 16.0 Å². The number of halogens is 4. The Kier molecular flexibility index (Phi) is 9.53. The summed E-state index contributed by atoms with van der Waals surface area (Å²) in [5, 5.41) is 7.76. The minimum atomic E-state index is -1.83. The van der Waals surface area contributed by atoms with Crippen molar-refractivity contribution in [3.63, 3.8) is 0 Å². The highest BCUT2D eigenvalue weighted by Crippen LogP contribution is 2.32. The van der Waals surface area contributed by atoms with E-state index in [0.29, 0.717) is 24.5 Å². The van der Waals surface area contributed by atoms with Crippen molar-refractivity contribution in [3.05, 3.63) is 53.1 Å². The number of ketones is 1. The van der Waals surface area contributed by atoms with Crippen molar-refractivity contribution >= 4 is 23.5 Å². The molecule has 3 N–H and O–H groups in total. The van der Waals surface area contributed by atoms with E-state index in [0.717, 1.165) is 0 Å².